The summed E-state index contributed by atoms with van der Waals surface area (Å²) < 4.78 is 10.9. The molecule has 4 nitrogen and oxygen atoms in total. The van der Waals surface area contributed by atoms with E-state index in [-0.39, 0.29) is 6.42 Å². The molecule has 0 heterocycles. The number of aryl methyl sites for hydroxylation is 2. The summed E-state index contributed by atoms with van der Waals surface area (Å²) in [6, 6.07) is 23.6. The first-order valence-corrected chi connectivity index (χ1v) is 12.7. The van der Waals surface area contributed by atoms with Crippen molar-refractivity contribution >= 4 is 5.97 Å². The number of ether oxygens (including phenoxy) is 2. The molecule has 0 radical (unpaired) electrons. The van der Waals surface area contributed by atoms with Crippen LogP contribution in [0.5, 0.6) is 11.5 Å². The molecular formula is C31H36O4. The van der Waals surface area contributed by atoms with E-state index >= 15 is 0 Å². The maximum absolute atomic E-state index is 10.8. The first-order chi connectivity index (χ1) is 17.1. The molecule has 0 bridgehead atoms. The number of rotatable bonds is 12. The third-order valence-electron chi connectivity index (χ3n) is 7.35. The summed E-state index contributed by atoms with van der Waals surface area (Å²) >= 11 is 0. The van der Waals surface area contributed by atoms with Crippen molar-refractivity contribution in [2.45, 2.75) is 63.2 Å². The van der Waals surface area contributed by atoms with Crippen LogP contribution < -0.4 is 9.47 Å². The first-order valence-electron chi connectivity index (χ1n) is 12.7. The van der Waals surface area contributed by atoms with E-state index < -0.39 is 5.97 Å². The molecule has 4 rings (SSSR count). The fourth-order valence-corrected chi connectivity index (χ4v) is 5.40. The minimum atomic E-state index is -0.743. The van der Waals surface area contributed by atoms with Crippen LogP contribution in [0, 0.1) is 0 Å². The van der Waals surface area contributed by atoms with Gasteiger partial charge in [0.25, 0.3) is 0 Å². The lowest BCUT2D eigenvalue weighted by Crippen LogP contribution is -2.07. The number of aliphatic carboxylic acids is 1. The number of methoxy groups -OCH3 is 2. The molecule has 0 aromatic heterocycles. The zero-order chi connectivity index (χ0) is 24.6. The van der Waals surface area contributed by atoms with Gasteiger partial charge in [0.05, 0.1) is 14.2 Å². The van der Waals surface area contributed by atoms with Crippen molar-refractivity contribution < 1.29 is 19.4 Å². The molecule has 0 amide bonds. The van der Waals surface area contributed by atoms with Crippen molar-refractivity contribution in [3.05, 3.63) is 94.5 Å². The number of unbranched alkanes of at least 4 members (excludes halogenated alkanes) is 2. The molecule has 3 aromatic carbocycles. The van der Waals surface area contributed by atoms with Crippen LogP contribution in [0.4, 0.5) is 0 Å². The molecule has 2 atom stereocenters. The summed E-state index contributed by atoms with van der Waals surface area (Å²) in [6.07, 6.45) is 7.68. The lowest BCUT2D eigenvalue weighted by Gasteiger charge is -2.21. The van der Waals surface area contributed by atoms with E-state index in [2.05, 4.69) is 66.7 Å². The van der Waals surface area contributed by atoms with Crippen molar-refractivity contribution in [1.29, 1.82) is 0 Å². The molecule has 0 saturated heterocycles. The zero-order valence-electron chi connectivity index (χ0n) is 20.8. The second-order valence-corrected chi connectivity index (χ2v) is 9.56. The van der Waals surface area contributed by atoms with Gasteiger partial charge in [-0.25, -0.2) is 0 Å². The summed E-state index contributed by atoms with van der Waals surface area (Å²) in [5.74, 6) is 2.11. The van der Waals surface area contributed by atoms with Gasteiger partial charge in [0.2, 0.25) is 0 Å². The number of carboxylic acid groups (broad SMARTS) is 1. The van der Waals surface area contributed by atoms with Crippen LogP contribution in [0.15, 0.2) is 66.7 Å². The summed E-state index contributed by atoms with van der Waals surface area (Å²) in [6.45, 7) is 0. The van der Waals surface area contributed by atoms with E-state index in [0.717, 1.165) is 29.9 Å². The summed E-state index contributed by atoms with van der Waals surface area (Å²) in [7, 11) is 3.45. The molecule has 35 heavy (non-hydrogen) atoms. The van der Waals surface area contributed by atoms with E-state index in [9.17, 15) is 4.79 Å². The van der Waals surface area contributed by atoms with Gasteiger partial charge < -0.3 is 14.6 Å². The maximum atomic E-state index is 10.8. The fraction of sp³-hybridized carbons (Fsp3) is 0.387. The van der Waals surface area contributed by atoms with Gasteiger partial charge in [-0.15, -0.1) is 0 Å². The molecule has 1 aliphatic carbocycles. The Bertz CT molecular complexity index is 1100. The van der Waals surface area contributed by atoms with Crippen molar-refractivity contribution in [3.8, 4) is 11.5 Å². The van der Waals surface area contributed by atoms with Crippen LogP contribution in [0.25, 0.3) is 0 Å². The normalized spacial score (nSPS) is 16.6. The Hall–Kier alpha value is -3.27. The number of carbonyl (C=O) groups is 1. The van der Waals surface area contributed by atoms with Gasteiger partial charge in [0, 0.05) is 6.42 Å². The van der Waals surface area contributed by atoms with Gasteiger partial charge in [-0.05, 0) is 96.0 Å². The van der Waals surface area contributed by atoms with Crippen LogP contribution >= 0.6 is 0 Å². The highest BCUT2D eigenvalue weighted by Gasteiger charge is 2.33. The third-order valence-corrected chi connectivity index (χ3v) is 7.35. The number of hydrogen-bond donors (Lipinski definition) is 1. The Morgan fingerprint density at radius 2 is 1.49 bits per heavy atom. The highest BCUT2D eigenvalue weighted by molar-refractivity contribution is 5.67. The van der Waals surface area contributed by atoms with E-state index in [4.69, 9.17) is 14.6 Å². The Kier molecular flexibility index (Phi) is 8.46. The molecule has 0 fully saturated rings. The van der Waals surface area contributed by atoms with E-state index in [1.165, 1.54) is 47.9 Å². The molecule has 1 N–H and O–H groups in total. The second kappa shape index (κ2) is 11.9. The monoisotopic (exact) mass is 472 g/mol. The summed E-state index contributed by atoms with van der Waals surface area (Å²) in [5, 5.41) is 8.84. The topological polar surface area (TPSA) is 55.8 Å². The summed E-state index contributed by atoms with van der Waals surface area (Å²) in [4.78, 5) is 10.8. The molecular weight excluding hydrogens is 436 g/mol. The molecule has 0 spiro atoms. The summed E-state index contributed by atoms with van der Waals surface area (Å²) in [5.41, 5.74) is 6.70. The van der Waals surface area contributed by atoms with Crippen LogP contribution in [-0.2, 0) is 24.1 Å². The lowest BCUT2D eigenvalue weighted by molar-refractivity contribution is -0.136. The number of fused-ring (bicyclic) bond motifs is 1. The van der Waals surface area contributed by atoms with Crippen LogP contribution in [0.2, 0.25) is 0 Å². The van der Waals surface area contributed by atoms with Crippen molar-refractivity contribution in [2.24, 2.45) is 0 Å². The van der Waals surface area contributed by atoms with Gasteiger partial charge in [-0.3, -0.25) is 4.79 Å². The number of benzene rings is 3. The van der Waals surface area contributed by atoms with Crippen molar-refractivity contribution in [2.75, 3.05) is 14.2 Å². The van der Waals surface area contributed by atoms with Crippen molar-refractivity contribution in [3.63, 3.8) is 0 Å². The number of hydrogen-bond acceptors (Lipinski definition) is 3. The molecule has 184 valence electrons. The molecule has 1 aliphatic rings. The van der Waals surface area contributed by atoms with Gasteiger partial charge in [0.1, 0.15) is 11.5 Å². The van der Waals surface area contributed by atoms with E-state index in [1.54, 1.807) is 14.2 Å². The molecule has 4 heteroatoms. The minimum Gasteiger partial charge on any atom is -0.497 e. The number of carboxylic acids is 1. The zero-order valence-corrected chi connectivity index (χ0v) is 20.8. The second-order valence-electron chi connectivity index (χ2n) is 9.56. The van der Waals surface area contributed by atoms with E-state index in [0.29, 0.717) is 18.3 Å². The van der Waals surface area contributed by atoms with Gasteiger partial charge >= 0.3 is 5.97 Å². The van der Waals surface area contributed by atoms with Crippen LogP contribution in [0.1, 0.15) is 71.8 Å². The van der Waals surface area contributed by atoms with Gasteiger partial charge in [-0.2, -0.15) is 0 Å². The highest BCUT2D eigenvalue weighted by atomic mass is 16.5. The molecule has 3 aromatic rings. The lowest BCUT2D eigenvalue weighted by atomic mass is 9.83. The maximum Gasteiger partial charge on any atom is 0.303 e. The average molecular weight is 473 g/mol. The SMILES string of the molecule is COc1ccc(C2Cc3cc(OC)ccc3C2CCCCCc2ccc(CCC(=O)O)cc2)cc1. The first kappa shape index (κ1) is 24.8. The molecule has 0 saturated carbocycles. The van der Waals surface area contributed by atoms with Gasteiger partial charge in [-0.1, -0.05) is 55.3 Å². The minimum absolute atomic E-state index is 0.188. The Labute approximate surface area is 208 Å². The average Bonchev–Trinajstić information content (AvgIpc) is 3.25. The Morgan fingerprint density at radius 1 is 0.829 bits per heavy atom. The largest absolute Gasteiger partial charge is 0.497 e. The molecule has 2 unspecified atom stereocenters. The highest BCUT2D eigenvalue weighted by Crippen LogP contribution is 2.47. The van der Waals surface area contributed by atoms with Gasteiger partial charge in [0.15, 0.2) is 0 Å². The van der Waals surface area contributed by atoms with E-state index in [1.807, 2.05) is 0 Å². The third kappa shape index (κ3) is 6.45. The quantitative estimate of drug-likeness (QED) is 0.290. The van der Waals surface area contributed by atoms with Crippen molar-refractivity contribution in [1.82, 2.24) is 0 Å². The fourth-order valence-electron chi connectivity index (χ4n) is 5.40. The Balaban J connectivity index is 1.34. The smallest absolute Gasteiger partial charge is 0.303 e. The Morgan fingerprint density at radius 3 is 2.14 bits per heavy atom. The predicted molar refractivity (Wildman–Crippen MR) is 140 cm³/mol. The van der Waals surface area contributed by atoms with Crippen LogP contribution in [0.3, 0.4) is 0 Å². The standard InChI is InChI=1S/C31H36O4/c1-34-26-15-13-24(14-16-26)30-21-25-20-27(35-2)17-18-28(25)29(30)7-5-3-4-6-22-8-10-23(11-9-22)12-19-31(32)33/h8-11,13-18,20,29-30H,3-7,12,19,21H2,1-2H3,(H,32,33). The predicted octanol–water partition coefficient (Wildman–Crippen LogP) is 6.95. The molecule has 0 aliphatic heterocycles. The van der Waals surface area contributed by atoms with Crippen LogP contribution in [-0.4, -0.2) is 25.3 Å².